The summed E-state index contributed by atoms with van der Waals surface area (Å²) in [6.45, 7) is 2.17. The van der Waals surface area contributed by atoms with Crippen LogP contribution in [0.3, 0.4) is 0 Å². The summed E-state index contributed by atoms with van der Waals surface area (Å²) >= 11 is 0. The number of imidazole rings is 1. The minimum Gasteiger partial charge on any atom is -0.464 e. The predicted molar refractivity (Wildman–Crippen MR) is 60.0 cm³/mol. The molecule has 2 N–H and O–H groups in total. The number of aromatic nitrogens is 2. The van der Waals surface area contributed by atoms with E-state index in [0.717, 1.165) is 6.42 Å². The first-order valence-electron chi connectivity index (χ1n) is 5.59. The van der Waals surface area contributed by atoms with Gasteiger partial charge in [-0.15, -0.1) is 0 Å². The first-order valence-corrected chi connectivity index (χ1v) is 5.59. The molecule has 2 unspecified atom stereocenters. The van der Waals surface area contributed by atoms with E-state index in [1.165, 1.54) is 20.0 Å². The summed E-state index contributed by atoms with van der Waals surface area (Å²) < 4.78 is 6.51. The predicted octanol–water partition coefficient (Wildman–Crippen LogP) is 1.61. The minimum absolute atomic E-state index is 0.227. The number of nitrogens with two attached hydrogens (primary N) is 1. The second kappa shape index (κ2) is 4.15. The quantitative estimate of drug-likeness (QED) is 0.787. The molecule has 0 amide bonds. The monoisotopic (exact) mass is 223 g/mol. The fraction of sp³-hybridized carbons (Fsp3) is 0.636. The molecular formula is C11H17N3O2. The lowest BCUT2D eigenvalue weighted by Crippen LogP contribution is -2.08. The largest absolute Gasteiger partial charge is 0.464 e. The maximum Gasteiger partial charge on any atom is 0.360 e. The Labute approximate surface area is 94.6 Å². The average molecular weight is 223 g/mol. The zero-order valence-electron chi connectivity index (χ0n) is 9.64. The van der Waals surface area contributed by atoms with Crippen LogP contribution in [0.5, 0.6) is 0 Å². The highest BCUT2D eigenvalue weighted by Crippen LogP contribution is 2.47. The van der Waals surface area contributed by atoms with E-state index in [4.69, 9.17) is 5.73 Å². The Bertz CT molecular complexity index is 400. The molecule has 0 aromatic carbocycles. The van der Waals surface area contributed by atoms with E-state index in [0.29, 0.717) is 17.8 Å². The number of esters is 1. The van der Waals surface area contributed by atoms with Crippen molar-refractivity contribution >= 4 is 11.8 Å². The van der Waals surface area contributed by atoms with E-state index < -0.39 is 5.97 Å². The van der Waals surface area contributed by atoms with Crippen LogP contribution in [0.1, 0.15) is 42.7 Å². The van der Waals surface area contributed by atoms with Crippen molar-refractivity contribution in [1.29, 1.82) is 0 Å². The van der Waals surface area contributed by atoms with Crippen LogP contribution in [0.2, 0.25) is 0 Å². The molecule has 2 rings (SSSR count). The Morgan fingerprint density at radius 1 is 1.75 bits per heavy atom. The van der Waals surface area contributed by atoms with Gasteiger partial charge in [0.2, 0.25) is 0 Å². The summed E-state index contributed by atoms with van der Waals surface area (Å²) in [5, 5.41) is 0. The summed E-state index contributed by atoms with van der Waals surface area (Å²) in [6.07, 6.45) is 5.16. The fourth-order valence-corrected chi connectivity index (χ4v) is 2.14. The van der Waals surface area contributed by atoms with Gasteiger partial charge in [0.25, 0.3) is 0 Å². The molecule has 1 aromatic heterocycles. The molecule has 5 nitrogen and oxygen atoms in total. The number of anilines is 1. The molecule has 1 aliphatic rings. The summed E-state index contributed by atoms with van der Waals surface area (Å²) in [5.74, 6) is 0.645. The van der Waals surface area contributed by atoms with Gasteiger partial charge >= 0.3 is 5.97 Å². The normalized spacial score (nSPS) is 23.1. The first-order chi connectivity index (χ1) is 7.69. The highest BCUT2D eigenvalue weighted by atomic mass is 16.5. The fourth-order valence-electron chi connectivity index (χ4n) is 2.14. The van der Waals surface area contributed by atoms with Crippen molar-refractivity contribution in [1.82, 2.24) is 9.55 Å². The molecule has 2 atom stereocenters. The van der Waals surface area contributed by atoms with E-state index in [2.05, 4.69) is 16.6 Å². The number of rotatable bonds is 4. The lowest BCUT2D eigenvalue weighted by Gasteiger charge is -2.04. The van der Waals surface area contributed by atoms with Crippen molar-refractivity contribution in [3.05, 3.63) is 12.0 Å². The van der Waals surface area contributed by atoms with Gasteiger partial charge in [0.15, 0.2) is 5.69 Å². The van der Waals surface area contributed by atoms with Crippen LogP contribution in [-0.4, -0.2) is 22.6 Å². The molecule has 0 radical (unpaired) electrons. The number of methoxy groups -OCH3 is 1. The lowest BCUT2D eigenvalue weighted by atomic mass is 10.2. The van der Waals surface area contributed by atoms with Gasteiger partial charge in [-0.1, -0.05) is 13.3 Å². The highest BCUT2D eigenvalue weighted by Gasteiger charge is 2.39. The van der Waals surface area contributed by atoms with Gasteiger partial charge in [0.05, 0.1) is 13.4 Å². The third-order valence-corrected chi connectivity index (χ3v) is 3.11. The molecule has 0 aliphatic heterocycles. The Morgan fingerprint density at radius 3 is 3.12 bits per heavy atom. The van der Waals surface area contributed by atoms with Gasteiger partial charge in [-0.25, -0.2) is 9.78 Å². The van der Waals surface area contributed by atoms with Gasteiger partial charge in [-0.2, -0.15) is 0 Å². The van der Waals surface area contributed by atoms with E-state index in [9.17, 15) is 4.79 Å². The minimum atomic E-state index is -0.469. The maximum atomic E-state index is 11.3. The van der Waals surface area contributed by atoms with Crippen molar-refractivity contribution in [2.45, 2.75) is 32.2 Å². The van der Waals surface area contributed by atoms with Gasteiger partial charge in [-0.3, -0.25) is 0 Å². The van der Waals surface area contributed by atoms with Crippen molar-refractivity contribution in [3.63, 3.8) is 0 Å². The van der Waals surface area contributed by atoms with Gasteiger partial charge in [0, 0.05) is 6.04 Å². The van der Waals surface area contributed by atoms with Crippen LogP contribution in [0.4, 0.5) is 5.82 Å². The molecule has 5 heteroatoms. The summed E-state index contributed by atoms with van der Waals surface area (Å²) in [6, 6.07) is 0.422. The second-order valence-electron chi connectivity index (χ2n) is 4.23. The number of hydrogen-bond donors (Lipinski definition) is 1. The van der Waals surface area contributed by atoms with Crippen LogP contribution >= 0.6 is 0 Å². The van der Waals surface area contributed by atoms with E-state index >= 15 is 0 Å². The van der Waals surface area contributed by atoms with Gasteiger partial charge in [0.1, 0.15) is 5.82 Å². The van der Waals surface area contributed by atoms with Crippen LogP contribution < -0.4 is 5.73 Å². The molecule has 1 aliphatic carbocycles. The Hall–Kier alpha value is -1.52. The standard InChI is InChI=1S/C11H17N3O2/c1-3-4-7-5-8(7)14-6-13-9(10(14)12)11(15)16-2/h6-8H,3-5,12H2,1-2H3. The zero-order valence-corrected chi connectivity index (χ0v) is 9.64. The number of carbonyl (C=O) groups excluding carboxylic acids is 1. The average Bonchev–Trinajstić information content (AvgIpc) is 2.93. The van der Waals surface area contributed by atoms with E-state index in [1.54, 1.807) is 6.33 Å². The van der Waals surface area contributed by atoms with E-state index in [1.807, 2.05) is 4.57 Å². The number of carbonyl (C=O) groups is 1. The second-order valence-corrected chi connectivity index (χ2v) is 4.23. The number of hydrogen-bond acceptors (Lipinski definition) is 4. The molecule has 88 valence electrons. The topological polar surface area (TPSA) is 70.1 Å². The first kappa shape index (κ1) is 11.0. The van der Waals surface area contributed by atoms with Gasteiger partial charge < -0.3 is 15.0 Å². The van der Waals surface area contributed by atoms with Crippen LogP contribution in [-0.2, 0) is 4.74 Å². The maximum absolute atomic E-state index is 11.3. The van der Waals surface area contributed by atoms with Crippen LogP contribution in [0.25, 0.3) is 0 Å². The van der Waals surface area contributed by atoms with Crippen LogP contribution in [0, 0.1) is 5.92 Å². The van der Waals surface area contributed by atoms with Gasteiger partial charge in [-0.05, 0) is 18.8 Å². The third-order valence-electron chi connectivity index (χ3n) is 3.11. The Kier molecular flexibility index (Phi) is 2.85. The number of ether oxygens (including phenoxy) is 1. The summed E-state index contributed by atoms with van der Waals surface area (Å²) in [5.41, 5.74) is 6.11. The number of nitrogens with zero attached hydrogens (tertiary/aromatic N) is 2. The molecule has 0 saturated heterocycles. The molecule has 0 bridgehead atoms. The SMILES string of the molecule is CCCC1CC1n1cnc(C(=O)OC)c1N. The number of nitrogen functional groups attached to an aromatic ring is 1. The lowest BCUT2D eigenvalue weighted by molar-refractivity contribution is 0.0596. The molecule has 1 heterocycles. The van der Waals surface area contributed by atoms with Crippen molar-refractivity contribution in [3.8, 4) is 0 Å². The highest BCUT2D eigenvalue weighted by molar-refractivity contribution is 5.92. The smallest absolute Gasteiger partial charge is 0.360 e. The molecule has 1 fully saturated rings. The molecule has 16 heavy (non-hydrogen) atoms. The summed E-state index contributed by atoms with van der Waals surface area (Å²) in [7, 11) is 1.33. The van der Waals surface area contributed by atoms with E-state index in [-0.39, 0.29) is 5.69 Å². The van der Waals surface area contributed by atoms with Crippen molar-refractivity contribution in [2.24, 2.45) is 5.92 Å². The molecular weight excluding hydrogens is 206 g/mol. The van der Waals surface area contributed by atoms with Crippen LogP contribution in [0.15, 0.2) is 6.33 Å². The molecule has 1 saturated carbocycles. The molecule has 0 spiro atoms. The Balaban J connectivity index is 2.13. The Morgan fingerprint density at radius 2 is 2.50 bits per heavy atom. The summed E-state index contributed by atoms with van der Waals surface area (Å²) in [4.78, 5) is 15.3. The third kappa shape index (κ3) is 1.77. The zero-order chi connectivity index (χ0) is 11.7. The van der Waals surface area contributed by atoms with Crippen molar-refractivity contribution in [2.75, 3.05) is 12.8 Å². The molecule has 1 aromatic rings. The van der Waals surface area contributed by atoms with Crippen molar-refractivity contribution < 1.29 is 9.53 Å².